The van der Waals surface area contributed by atoms with Crippen molar-refractivity contribution in [3.05, 3.63) is 107 Å². The lowest BCUT2D eigenvalue weighted by atomic mass is 10.0. The highest BCUT2D eigenvalue weighted by Gasteiger charge is 2.24. The van der Waals surface area contributed by atoms with Crippen LogP contribution in [0.1, 0.15) is 42.9 Å². The molecule has 0 atom stereocenters. The van der Waals surface area contributed by atoms with Crippen molar-refractivity contribution < 1.29 is 0 Å². The van der Waals surface area contributed by atoms with E-state index in [0.29, 0.717) is 0 Å². The third kappa shape index (κ3) is 5.94. The van der Waals surface area contributed by atoms with Crippen LogP contribution in [0.15, 0.2) is 89.7 Å². The van der Waals surface area contributed by atoms with Crippen molar-refractivity contribution in [3.63, 3.8) is 0 Å². The van der Waals surface area contributed by atoms with Crippen LogP contribution in [0.2, 0.25) is 0 Å². The molecule has 1 aromatic heterocycles. The number of benzene rings is 3. The summed E-state index contributed by atoms with van der Waals surface area (Å²) in [6.07, 6.45) is 3.85. The standard InChI is InChI=1S/C30H34N4OS/c35-30-31-27-14-7-8-15-28(27)34(30)26-17-20-33(21-18-26)29(36)16-9-19-32(22-24-10-3-1-4-11-24)23-25-12-5-2-6-13-25/h1-8,10-15,26H,9,16-23H2,(H,31,35). The van der Waals surface area contributed by atoms with E-state index in [1.165, 1.54) is 11.1 Å². The van der Waals surface area contributed by atoms with Gasteiger partial charge in [0.25, 0.3) is 0 Å². The van der Waals surface area contributed by atoms with Crippen molar-refractivity contribution in [1.29, 1.82) is 0 Å². The summed E-state index contributed by atoms with van der Waals surface area (Å²) in [7, 11) is 0. The SMILES string of the molecule is O=c1[nH]c2ccccc2n1C1CCN(C(=S)CCCN(Cc2ccccc2)Cc2ccccc2)CC1. The predicted molar refractivity (Wildman–Crippen MR) is 151 cm³/mol. The number of imidazole rings is 1. The Balaban J connectivity index is 1.14. The molecule has 1 aliphatic heterocycles. The fourth-order valence-corrected chi connectivity index (χ4v) is 5.65. The second-order valence-electron chi connectivity index (χ2n) is 9.71. The van der Waals surface area contributed by atoms with Crippen molar-refractivity contribution in [1.82, 2.24) is 19.4 Å². The minimum Gasteiger partial charge on any atom is -0.366 e. The van der Waals surface area contributed by atoms with Crippen LogP contribution >= 0.6 is 12.2 Å². The molecule has 0 radical (unpaired) electrons. The van der Waals surface area contributed by atoms with E-state index in [2.05, 4.69) is 75.4 Å². The molecule has 2 heterocycles. The third-order valence-corrected chi connectivity index (χ3v) is 7.63. The summed E-state index contributed by atoms with van der Waals surface area (Å²) in [6, 6.07) is 29.6. The van der Waals surface area contributed by atoms with E-state index in [0.717, 1.165) is 74.4 Å². The lowest BCUT2D eigenvalue weighted by molar-refractivity contribution is 0.248. The number of nitrogens with one attached hydrogen (secondary N) is 1. The molecule has 6 heteroatoms. The van der Waals surface area contributed by atoms with E-state index in [4.69, 9.17) is 12.2 Å². The Bertz CT molecular complexity index is 1280. The normalized spacial score (nSPS) is 14.5. The number of thiocarbonyl (C=S) groups is 1. The molecule has 36 heavy (non-hydrogen) atoms. The zero-order chi connectivity index (χ0) is 24.7. The molecule has 1 aliphatic rings. The molecular formula is C30H34N4OS. The Hall–Kier alpha value is -3.22. The first-order chi connectivity index (χ1) is 17.7. The summed E-state index contributed by atoms with van der Waals surface area (Å²) < 4.78 is 1.95. The summed E-state index contributed by atoms with van der Waals surface area (Å²) in [6.45, 7) is 4.70. The number of nitrogens with zero attached hydrogens (tertiary/aromatic N) is 3. The van der Waals surface area contributed by atoms with Gasteiger partial charge < -0.3 is 9.88 Å². The van der Waals surface area contributed by atoms with E-state index in [1.54, 1.807) is 0 Å². The van der Waals surface area contributed by atoms with Crippen LogP contribution in [0.3, 0.4) is 0 Å². The van der Waals surface area contributed by atoms with Crippen LogP contribution in [-0.2, 0) is 13.1 Å². The predicted octanol–water partition coefficient (Wildman–Crippen LogP) is 5.78. The average Bonchev–Trinajstić information content (AvgIpc) is 3.25. The van der Waals surface area contributed by atoms with Gasteiger partial charge >= 0.3 is 5.69 Å². The summed E-state index contributed by atoms with van der Waals surface area (Å²) >= 11 is 5.86. The van der Waals surface area contributed by atoms with Crippen molar-refractivity contribution in [3.8, 4) is 0 Å². The third-order valence-electron chi connectivity index (χ3n) is 7.17. The van der Waals surface area contributed by atoms with Crippen LogP contribution in [0.4, 0.5) is 0 Å². The van der Waals surface area contributed by atoms with Crippen LogP contribution in [0.5, 0.6) is 0 Å². The number of aromatic nitrogens is 2. The molecule has 0 unspecified atom stereocenters. The molecule has 186 valence electrons. The Morgan fingerprint density at radius 3 is 2.08 bits per heavy atom. The minimum absolute atomic E-state index is 0.00542. The van der Waals surface area contributed by atoms with Gasteiger partial charge in [0.05, 0.1) is 16.0 Å². The number of likely N-dealkylation sites (tertiary alicyclic amines) is 1. The van der Waals surface area contributed by atoms with Gasteiger partial charge in [-0.25, -0.2) is 4.79 Å². The largest absolute Gasteiger partial charge is 0.366 e. The Kier molecular flexibility index (Phi) is 7.94. The molecule has 1 N–H and O–H groups in total. The second kappa shape index (κ2) is 11.7. The van der Waals surface area contributed by atoms with Gasteiger partial charge in [0, 0.05) is 32.2 Å². The molecule has 4 aromatic rings. The lowest BCUT2D eigenvalue weighted by Crippen LogP contribution is -2.40. The summed E-state index contributed by atoms with van der Waals surface area (Å²) in [5.41, 5.74) is 4.59. The molecule has 0 spiro atoms. The molecule has 3 aromatic carbocycles. The van der Waals surface area contributed by atoms with E-state index in [-0.39, 0.29) is 11.7 Å². The van der Waals surface area contributed by atoms with Crippen LogP contribution in [-0.4, -0.2) is 44.0 Å². The van der Waals surface area contributed by atoms with Gasteiger partial charge in [-0.15, -0.1) is 0 Å². The highest BCUT2D eigenvalue weighted by atomic mass is 32.1. The number of hydrogen-bond donors (Lipinski definition) is 1. The first-order valence-electron chi connectivity index (χ1n) is 12.9. The number of fused-ring (bicyclic) bond motifs is 1. The highest BCUT2D eigenvalue weighted by molar-refractivity contribution is 7.80. The molecule has 5 rings (SSSR count). The quantitative estimate of drug-likeness (QED) is 0.297. The maximum atomic E-state index is 12.6. The first-order valence-corrected chi connectivity index (χ1v) is 13.4. The van der Waals surface area contributed by atoms with Crippen molar-refractivity contribution in [2.24, 2.45) is 0 Å². The molecule has 0 bridgehead atoms. The Morgan fingerprint density at radius 1 is 0.861 bits per heavy atom. The van der Waals surface area contributed by atoms with E-state index >= 15 is 0 Å². The number of para-hydroxylation sites is 2. The number of piperidine rings is 1. The number of rotatable bonds is 9. The van der Waals surface area contributed by atoms with Gasteiger partial charge in [0.15, 0.2) is 0 Å². The van der Waals surface area contributed by atoms with Crippen LogP contribution in [0.25, 0.3) is 11.0 Å². The Morgan fingerprint density at radius 2 is 1.44 bits per heavy atom. The van der Waals surface area contributed by atoms with Crippen LogP contribution in [0, 0.1) is 0 Å². The lowest BCUT2D eigenvalue weighted by Gasteiger charge is -2.34. The molecule has 1 saturated heterocycles. The van der Waals surface area contributed by atoms with Crippen LogP contribution < -0.4 is 5.69 Å². The zero-order valence-corrected chi connectivity index (χ0v) is 21.5. The molecule has 5 nitrogen and oxygen atoms in total. The van der Waals surface area contributed by atoms with E-state index in [9.17, 15) is 4.79 Å². The van der Waals surface area contributed by atoms with E-state index in [1.807, 2.05) is 28.8 Å². The second-order valence-corrected chi connectivity index (χ2v) is 10.2. The van der Waals surface area contributed by atoms with E-state index < -0.39 is 0 Å². The van der Waals surface area contributed by atoms with Gasteiger partial charge in [-0.1, -0.05) is 85.0 Å². The highest BCUT2D eigenvalue weighted by Crippen LogP contribution is 2.25. The van der Waals surface area contributed by atoms with Gasteiger partial charge in [-0.3, -0.25) is 9.47 Å². The fourth-order valence-electron chi connectivity index (χ4n) is 5.32. The Labute approximate surface area is 218 Å². The molecular weight excluding hydrogens is 464 g/mol. The molecule has 0 saturated carbocycles. The topological polar surface area (TPSA) is 44.3 Å². The molecule has 0 amide bonds. The summed E-state index contributed by atoms with van der Waals surface area (Å²) in [4.78, 5) is 21.5. The summed E-state index contributed by atoms with van der Waals surface area (Å²) in [5, 5.41) is 0. The number of aromatic amines is 1. The first kappa shape index (κ1) is 24.5. The van der Waals surface area contributed by atoms with Crippen molar-refractivity contribution >= 4 is 28.2 Å². The van der Waals surface area contributed by atoms with Gasteiger partial charge in [-0.05, 0) is 55.5 Å². The average molecular weight is 499 g/mol. The molecule has 0 aliphatic carbocycles. The zero-order valence-electron chi connectivity index (χ0n) is 20.7. The minimum atomic E-state index is -0.00542. The maximum Gasteiger partial charge on any atom is 0.326 e. The van der Waals surface area contributed by atoms with Gasteiger partial charge in [0.1, 0.15) is 0 Å². The van der Waals surface area contributed by atoms with Crippen molar-refractivity contribution in [2.75, 3.05) is 19.6 Å². The number of H-pyrrole nitrogens is 1. The summed E-state index contributed by atoms with van der Waals surface area (Å²) in [5.74, 6) is 0. The van der Waals surface area contributed by atoms with Crippen molar-refractivity contribution in [2.45, 2.75) is 44.8 Å². The van der Waals surface area contributed by atoms with Gasteiger partial charge in [0.2, 0.25) is 0 Å². The monoisotopic (exact) mass is 498 g/mol. The maximum absolute atomic E-state index is 12.6. The fraction of sp³-hybridized carbons (Fsp3) is 0.333. The smallest absolute Gasteiger partial charge is 0.326 e. The number of hydrogen-bond acceptors (Lipinski definition) is 3. The van der Waals surface area contributed by atoms with Gasteiger partial charge in [-0.2, -0.15) is 0 Å². The molecule has 1 fully saturated rings.